The number of nitrogens with one attached hydrogen (secondary N) is 1. The van der Waals surface area contributed by atoms with Gasteiger partial charge in [-0.3, -0.25) is 0 Å². The summed E-state index contributed by atoms with van der Waals surface area (Å²) in [5.41, 5.74) is 1.48. The second-order valence-corrected chi connectivity index (χ2v) is 9.44. The molecule has 2 heterocycles. The fourth-order valence-corrected chi connectivity index (χ4v) is 5.68. The molecular weight excluding hydrogens is 527 g/mol. The number of rotatable bonds is 5. The zero-order chi connectivity index (χ0) is 28.3. The van der Waals surface area contributed by atoms with Crippen LogP contribution in [0.3, 0.4) is 0 Å². The van der Waals surface area contributed by atoms with Crippen molar-refractivity contribution in [2.24, 2.45) is 0 Å². The first-order chi connectivity index (χ1) is 19.2. The highest BCUT2D eigenvalue weighted by atomic mass is 19.4. The average Bonchev–Trinajstić information content (AvgIpc) is 3.34. The fourth-order valence-electron chi connectivity index (χ4n) is 5.68. The van der Waals surface area contributed by atoms with Crippen molar-refractivity contribution in [3.8, 4) is 23.0 Å². The quantitative estimate of drug-likeness (QED) is 0.227. The highest BCUT2D eigenvalue weighted by Gasteiger charge is 2.41. The maximum absolute atomic E-state index is 13.8. The van der Waals surface area contributed by atoms with Gasteiger partial charge in [0, 0.05) is 11.3 Å². The minimum Gasteiger partial charge on any atom is -0.493 e. The normalized spacial score (nSPS) is 16.4. The Morgan fingerprint density at radius 1 is 0.800 bits per heavy atom. The zero-order valence-electron chi connectivity index (χ0n) is 22.0. The molecule has 2 aliphatic rings. The van der Waals surface area contributed by atoms with E-state index in [1.165, 1.54) is 34.5 Å². The minimum atomic E-state index is -4.56. The number of carbonyl (C=O) groups excluding carboxylic acids is 1. The molecule has 0 saturated heterocycles. The molecule has 0 spiro atoms. The van der Waals surface area contributed by atoms with Gasteiger partial charge in [0.15, 0.2) is 23.0 Å². The van der Waals surface area contributed by atoms with Crippen LogP contribution in [0.4, 0.5) is 18.9 Å². The first-order valence-electron chi connectivity index (χ1n) is 12.3. The predicted octanol–water partition coefficient (Wildman–Crippen LogP) is 6.41. The first kappa shape index (κ1) is 25.7. The Bertz CT molecular complexity index is 1740. The van der Waals surface area contributed by atoms with Crippen molar-refractivity contribution in [1.29, 1.82) is 0 Å². The van der Waals surface area contributed by atoms with Crippen LogP contribution in [0.1, 0.15) is 22.6 Å². The number of cyclic esters (lactones) is 1. The molecule has 10 heteroatoms. The molecule has 0 bridgehead atoms. The van der Waals surface area contributed by atoms with Gasteiger partial charge < -0.3 is 29.0 Å². The fraction of sp³-hybridized carbons (Fsp3) is 0.233. The van der Waals surface area contributed by atoms with Crippen LogP contribution in [0, 0.1) is 0 Å². The molecule has 0 saturated carbocycles. The van der Waals surface area contributed by atoms with Crippen LogP contribution in [-0.2, 0) is 15.7 Å². The van der Waals surface area contributed by atoms with E-state index in [1.54, 1.807) is 12.1 Å². The average molecular weight is 552 g/mol. The summed E-state index contributed by atoms with van der Waals surface area (Å²) in [4.78, 5) is 13.1. The first-order valence-corrected chi connectivity index (χ1v) is 12.3. The third-order valence-corrected chi connectivity index (χ3v) is 7.46. The summed E-state index contributed by atoms with van der Waals surface area (Å²) in [7, 11) is 6.08. The Labute approximate surface area is 227 Å². The SMILES string of the molecule is COc1cc2c3c(c4cc(OC)c(OC)cc4c2cc1OC)C(c1cccc(C(F)(F)F)c1)C1=C(COC1=O)N3. The summed E-state index contributed by atoms with van der Waals surface area (Å²) >= 11 is 0. The Morgan fingerprint density at radius 3 is 1.93 bits per heavy atom. The van der Waals surface area contributed by atoms with E-state index in [0.717, 1.165) is 28.3 Å². The molecule has 40 heavy (non-hydrogen) atoms. The van der Waals surface area contributed by atoms with Crippen LogP contribution in [-0.4, -0.2) is 41.0 Å². The molecule has 1 unspecified atom stereocenters. The van der Waals surface area contributed by atoms with Gasteiger partial charge in [0.25, 0.3) is 0 Å². The standard InChI is InChI=1S/C30H24F3NO6/c1-36-21-9-16-17-10-22(37-2)24(39-4)12-19(17)28-26(18(16)11-23(21)38-3)25(27-20(34-28)13-40-29(27)35)14-6-5-7-15(8-14)30(31,32)33/h5-12,25,34H,13H2,1-4H3. The van der Waals surface area contributed by atoms with Crippen molar-refractivity contribution in [2.45, 2.75) is 12.1 Å². The molecule has 4 aromatic carbocycles. The third kappa shape index (κ3) is 3.77. The lowest BCUT2D eigenvalue weighted by Gasteiger charge is -2.31. The van der Waals surface area contributed by atoms with Gasteiger partial charge in [-0.1, -0.05) is 18.2 Å². The van der Waals surface area contributed by atoms with Crippen molar-refractivity contribution in [3.05, 3.63) is 76.5 Å². The molecule has 4 aromatic rings. The molecule has 0 aromatic heterocycles. The zero-order valence-corrected chi connectivity index (χ0v) is 22.0. The monoisotopic (exact) mass is 551 g/mol. The molecule has 0 fully saturated rings. The summed E-state index contributed by atoms with van der Waals surface area (Å²) in [5, 5.41) is 6.24. The lowest BCUT2D eigenvalue weighted by molar-refractivity contribution is -0.137. The van der Waals surface area contributed by atoms with Crippen molar-refractivity contribution >= 4 is 33.2 Å². The summed E-state index contributed by atoms with van der Waals surface area (Å²) < 4.78 is 69.1. The van der Waals surface area contributed by atoms with E-state index in [0.29, 0.717) is 50.9 Å². The van der Waals surface area contributed by atoms with E-state index in [9.17, 15) is 18.0 Å². The molecule has 7 nitrogen and oxygen atoms in total. The van der Waals surface area contributed by atoms with Crippen LogP contribution >= 0.6 is 0 Å². The number of anilines is 1. The number of fused-ring (bicyclic) bond motifs is 6. The number of hydrogen-bond acceptors (Lipinski definition) is 7. The number of hydrogen-bond donors (Lipinski definition) is 1. The van der Waals surface area contributed by atoms with Gasteiger partial charge in [0.05, 0.1) is 51.0 Å². The summed E-state index contributed by atoms with van der Waals surface area (Å²) in [6.45, 7) is -0.0260. The van der Waals surface area contributed by atoms with Crippen molar-refractivity contribution < 1.29 is 41.7 Å². The van der Waals surface area contributed by atoms with Gasteiger partial charge in [0.1, 0.15) is 6.61 Å². The van der Waals surface area contributed by atoms with Gasteiger partial charge in [-0.15, -0.1) is 0 Å². The number of ether oxygens (including phenoxy) is 5. The van der Waals surface area contributed by atoms with Gasteiger partial charge in [-0.05, 0) is 57.6 Å². The maximum Gasteiger partial charge on any atom is 0.416 e. The van der Waals surface area contributed by atoms with E-state index in [2.05, 4.69) is 5.32 Å². The minimum absolute atomic E-state index is 0.0260. The van der Waals surface area contributed by atoms with E-state index in [4.69, 9.17) is 23.7 Å². The van der Waals surface area contributed by atoms with E-state index >= 15 is 0 Å². The van der Waals surface area contributed by atoms with Gasteiger partial charge in [0.2, 0.25) is 0 Å². The van der Waals surface area contributed by atoms with Gasteiger partial charge >= 0.3 is 12.1 Å². The van der Waals surface area contributed by atoms with Crippen molar-refractivity contribution in [1.82, 2.24) is 0 Å². The number of alkyl halides is 3. The lowest BCUT2D eigenvalue weighted by Crippen LogP contribution is -2.21. The molecule has 206 valence electrons. The third-order valence-electron chi connectivity index (χ3n) is 7.46. The van der Waals surface area contributed by atoms with E-state index in [1.807, 2.05) is 18.2 Å². The topological polar surface area (TPSA) is 75.2 Å². The molecule has 0 radical (unpaired) electrons. The Kier molecular flexibility index (Phi) is 5.94. The summed E-state index contributed by atoms with van der Waals surface area (Å²) in [5.74, 6) is 0.404. The second-order valence-electron chi connectivity index (χ2n) is 9.44. The molecular formula is C30H24F3NO6. The van der Waals surface area contributed by atoms with Crippen LogP contribution in [0.2, 0.25) is 0 Å². The Balaban J connectivity index is 1.79. The predicted molar refractivity (Wildman–Crippen MR) is 143 cm³/mol. The molecule has 1 N–H and O–H groups in total. The van der Waals surface area contributed by atoms with Crippen LogP contribution < -0.4 is 24.3 Å². The highest BCUT2D eigenvalue weighted by Crippen LogP contribution is 2.53. The molecule has 2 aliphatic heterocycles. The number of esters is 1. The van der Waals surface area contributed by atoms with Crippen LogP contribution in [0.25, 0.3) is 21.5 Å². The number of carbonyl (C=O) groups is 1. The van der Waals surface area contributed by atoms with Crippen LogP contribution in [0.5, 0.6) is 23.0 Å². The molecule has 6 rings (SSSR count). The second kappa shape index (κ2) is 9.25. The number of methoxy groups -OCH3 is 4. The summed E-state index contributed by atoms with van der Waals surface area (Å²) in [6.07, 6.45) is -4.56. The van der Waals surface area contributed by atoms with Gasteiger partial charge in [-0.2, -0.15) is 13.2 Å². The molecule has 0 aliphatic carbocycles. The number of halogens is 3. The summed E-state index contributed by atoms with van der Waals surface area (Å²) in [6, 6.07) is 12.3. The van der Waals surface area contributed by atoms with Crippen LogP contribution in [0.15, 0.2) is 59.8 Å². The maximum atomic E-state index is 13.8. The number of benzene rings is 4. The Morgan fingerprint density at radius 2 is 1.35 bits per heavy atom. The smallest absolute Gasteiger partial charge is 0.416 e. The molecule has 1 atom stereocenters. The van der Waals surface area contributed by atoms with Crippen molar-refractivity contribution in [2.75, 3.05) is 40.4 Å². The van der Waals surface area contributed by atoms with E-state index < -0.39 is 23.6 Å². The molecule has 0 amide bonds. The van der Waals surface area contributed by atoms with Crippen molar-refractivity contribution in [3.63, 3.8) is 0 Å². The highest BCUT2D eigenvalue weighted by molar-refractivity contribution is 6.19. The largest absolute Gasteiger partial charge is 0.493 e. The van der Waals surface area contributed by atoms with Gasteiger partial charge in [-0.25, -0.2) is 4.79 Å². The lowest BCUT2D eigenvalue weighted by atomic mass is 9.77. The van der Waals surface area contributed by atoms with E-state index in [-0.39, 0.29) is 12.2 Å². The Hall–Kier alpha value is -4.60.